The van der Waals surface area contributed by atoms with Crippen molar-refractivity contribution in [2.75, 3.05) is 12.8 Å². The summed E-state index contributed by atoms with van der Waals surface area (Å²) in [5.74, 6) is -0.794. The lowest BCUT2D eigenvalue weighted by atomic mass is 10.0. The number of β-lactam (4-membered cyclic amide) rings is 1. The highest BCUT2D eigenvalue weighted by atomic mass is 32.2. The van der Waals surface area contributed by atoms with Gasteiger partial charge in [-0.25, -0.2) is 14.7 Å². The summed E-state index contributed by atoms with van der Waals surface area (Å²) in [6.45, 7) is 13.0. The number of H-pyrrole nitrogens is 1. The van der Waals surface area contributed by atoms with E-state index in [1.54, 1.807) is 27.8 Å². The van der Waals surface area contributed by atoms with Crippen molar-refractivity contribution in [1.82, 2.24) is 35.7 Å². The van der Waals surface area contributed by atoms with Crippen LogP contribution < -0.4 is 5.32 Å². The fourth-order valence-electron chi connectivity index (χ4n) is 4.33. The molecule has 1 saturated heterocycles. The highest BCUT2D eigenvalue weighted by Crippen LogP contribution is 2.44. The first-order valence-corrected chi connectivity index (χ1v) is 16.4. The van der Waals surface area contributed by atoms with Gasteiger partial charge in [-0.1, -0.05) is 11.8 Å². The van der Waals surface area contributed by atoms with Crippen LogP contribution >= 0.6 is 34.9 Å². The number of hydrogen-bond acceptors (Lipinski definition) is 12. The summed E-state index contributed by atoms with van der Waals surface area (Å²) < 4.78 is 11.1. The molecule has 2 aromatic heterocycles. The van der Waals surface area contributed by atoms with E-state index in [-0.39, 0.29) is 29.2 Å². The Kier molecular flexibility index (Phi) is 9.81. The van der Waals surface area contributed by atoms with Crippen molar-refractivity contribution in [3.8, 4) is 0 Å². The largest absolute Gasteiger partial charge is 0.455 e. The molecule has 1 fully saturated rings. The quantitative estimate of drug-likeness (QED) is 0.233. The molecular formula is C27H37N7O6S3. The molecule has 13 nitrogen and oxygen atoms in total. The number of thioether (sulfide) groups is 2. The molecule has 16 heteroatoms. The van der Waals surface area contributed by atoms with Gasteiger partial charge in [-0.15, -0.1) is 28.2 Å². The molecule has 2 N–H and O–H groups in total. The summed E-state index contributed by atoms with van der Waals surface area (Å²) in [4.78, 5) is 56.7. The van der Waals surface area contributed by atoms with Crippen LogP contribution in [0.4, 0.5) is 4.79 Å². The average molecular weight is 652 g/mol. The maximum atomic E-state index is 13.4. The Morgan fingerprint density at radius 3 is 2.47 bits per heavy atom. The third kappa shape index (κ3) is 8.29. The Bertz CT molecular complexity index is 1400. The SMILES string of the molecule is CC(Sc1nnn[nH]1)C1=C(C(=O)OC(C)(C)C)N2C(=O)[C@@H](NC(=O)Cc3ccc(CN(C)C(=O)OC(C)(C)C)s3)[C@@H]2SC1. The Morgan fingerprint density at radius 2 is 1.84 bits per heavy atom. The Hall–Kier alpha value is -3.11. The van der Waals surface area contributed by atoms with Crippen molar-refractivity contribution in [2.24, 2.45) is 0 Å². The second kappa shape index (κ2) is 12.9. The molecule has 3 amide bonds. The third-order valence-corrected chi connectivity index (χ3v) is 9.57. The van der Waals surface area contributed by atoms with E-state index in [0.29, 0.717) is 17.5 Å². The summed E-state index contributed by atoms with van der Waals surface area (Å²) in [5.41, 5.74) is -0.410. The van der Waals surface area contributed by atoms with Gasteiger partial charge < -0.3 is 19.7 Å². The van der Waals surface area contributed by atoms with Gasteiger partial charge >= 0.3 is 12.1 Å². The lowest BCUT2D eigenvalue weighted by Gasteiger charge is -2.50. The number of fused-ring (bicyclic) bond motifs is 1. The molecule has 0 saturated carbocycles. The predicted octanol–water partition coefficient (Wildman–Crippen LogP) is 3.35. The van der Waals surface area contributed by atoms with Crippen molar-refractivity contribution in [3.63, 3.8) is 0 Å². The van der Waals surface area contributed by atoms with Crippen LogP contribution in [0.15, 0.2) is 28.6 Å². The zero-order valence-electron chi connectivity index (χ0n) is 25.4. The van der Waals surface area contributed by atoms with Crippen LogP contribution in [0.25, 0.3) is 0 Å². The van der Waals surface area contributed by atoms with E-state index >= 15 is 0 Å². The Morgan fingerprint density at radius 1 is 1.16 bits per heavy atom. The Labute approximate surface area is 262 Å². The maximum Gasteiger partial charge on any atom is 0.410 e. The number of amides is 3. The summed E-state index contributed by atoms with van der Waals surface area (Å²) in [6, 6.07) is 2.94. The van der Waals surface area contributed by atoms with Gasteiger partial charge in [0.1, 0.15) is 28.3 Å². The standard InChI is InChI=1S/C27H37N7O6S3/c1-14(42-24-29-31-32-30-24)17-13-41-22-19(21(36)34(22)20(17)23(37)39-26(2,3)4)28-18(35)11-15-9-10-16(43-15)12-33(8)25(38)40-27(5,6)7/h9-10,14,19,22H,11-13H2,1-8H3,(H,28,35)(H,29,30,31,32)/t14?,19-,22+/m1/s1. The molecule has 2 aliphatic heterocycles. The number of thiophene rings is 1. The summed E-state index contributed by atoms with van der Waals surface area (Å²) in [6.07, 6.45) is -0.342. The minimum atomic E-state index is -0.768. The van der Waals surface area contributed by atoms with E-state index in [1.807, 2.05) is 39.8 Å². The highest BCUT2D eigenvalue weighted by molar-refractivity contribution is 8.01. The molecule has 0 bridgehead atoms. The molecular weight excluding hydrogens is 615 g/mol. The van der Waals surface area contributed by atoms with Crippen molar-refractivity contribution >= 4 is 58.7 Å². The first-order valence-electron chi connectivity index (χ1n) is 13.6. The molecule has 43 heavy (non-hydrogen) atoms. The van der Waals surface area contributed by atoms with Crippen LogP contribution in [0, 0.1) is 0 Å². The van der Waals surface area contributed by atoms with Crippen molar-refractivity contribution < 1.29 is 28.7 Å². The smallest absolute Gasteiger partial charge is 0.410 e. The molecule has 2 aliphatic rings. The van der Waals surface area contributed by atoms with Crippen LogP contribution in [0.1, 0.15) is 58.2 Å². The predicted molar refractivity (Wildman–Crippen MR) is 163 cm³/mol. The lowest BCUT2D eigenvalue weighted by Crippen LogP contribution is -2.71. The van der Waals surface area contributed by atoms with Gasteiger partial charge in [0, 0.05) is 27.8 Å². The lowest BCUT2D eigenvalue weighted by molar-refractivity contribution is -0.159. The number of tetrazole rings is 1. The fraction of sp³-hybridized carbons (Fsp3) is 0.593. The van der Waals surface area contributed by atoms with Gasteiger partial charge in [0.25, 0.3) is 5.91 Å². The molecule has 0 aliphatic carbocycles. The molecule has 3 atom stereocenters. The molecule has 2 aromatic rings. The van der Waals surface area contributed by atoms with E-state index in [1.165, 1.54) is 44.7 Å². The van der Waals surface area contributed by atoms with Gasteiger partial charge in [-0.05, 0) is 76.6 Å². The van der Waals surface area contributed by atoms with Crippen molar-refractivity contribution in [3.05, 3.63) is 33.2 Å². The van der Waals surface area contributed by atoms with E-state index in [9.17, 15) is 19.2 Å². The van der Waals surface area contributed by atoms with Crippen molar-refractivity contribution in [1.29, 1.82) is 0 Å². The second-order valence-corrected chi connectivity index (χ2v) is 15.9. The van der Waals surface area contributed by atoms with E-state index < -0.39 is 34.7 Å². The number of nitrogens with one attached hydrogen (secondary N) is 2. The molecule has 234 valence electrons. The molecule has 0 aromatic carbocycles. The average Bonchev–Trinajstić information content (AvgIpc) is 3.56. The van der Waals surface area contributed by atoms with Gasteiger partial charge in [-0.2, -0.15) is 0 Å². The zero-order chi connectivity index (χ0) is 31.7. The number of hydrogen-bond donors (Lipinski definition) is 2. The summed E-state index contributed by atoms with van der Waals surface area (Å²) in [7, 11) is 1.66. The van der Waals surface area contributed by atoms with E-state index in [0.717, 1.165) is 15.3 Å². The number of ether oxygens (including phenoxy) is 2. The van der Waals surface area contributed by atoms with Crippen molar-refractivity contribution in [2.45, 2.75) is 94.5 Å². The van der Waals surface area contributed by atoms with Gasteiger partial charge in [0.05, 0.1) is 13.0 Å². The van der Waals surface area contributed by atoms with Crippen LogP contribution in [-0.2, 0) is 36.8 Å². The summed E-state index contributed by atoms with van der Waals surface area (Å²) >= 11 is 4.24. The number of carbonyl (C=O) groups excluding carboxylic acids is 4. The van der Waals surface area contributed by atoms with Crippen LogP contribution in [0.3, 0.4) is 0 Å². The number of aromatic amines is 1. The highest BCUT2D eigenvalue weighted by Gasteiger charge is 2.55. The number of nitrogens with zero attached hydrogens (tertiary/aromatic N) is 5. The summed E-state index contributed by atoms with van der Waals surface area (Å²) in [5, 5.41) is 16.5. The monoisotopic (exact) mass is 651 g/mol. The normalized spacial score (nSPS) is 19.3. The zero-order valence-corrected chi connectivity index (χ0v) is 27.9. The van der Waals surface area contributed by atoms with Crippen LogP contribution in [0.2, 0.25) is 0 Å². The van der Waals surface area contributed by atoms with Crippen LogP contribution in [-0.4, -0.2) is 95.0 Å². The minimum Gasteiger partial charge on any atom is -0.455 e. The number of carbonyl (C=O) groups is 4. The first-order chi connectivity index (χ1) is 20.0. The van der Waals surface area contributed by atoms with E-state index in [2.05, 4.69) is 25.9 Å². The number of aromatic nitrogens is 4. The van der Waals surface area contributed by atoms with Crippen LogP contribution in [0.5, 0.6) is 0 Å². The number of esters is 1. The molecule has 0 radical (unpaired) electrons. The maximum absolute atomic E-state index is 13.4. The molecule has 1 unspecified atom stereocenters. The van der Waals surface area contributed by atoms with Gasteiger partial charge in [0.15, 0.2) is 0 Å². The molecule has 4 heterocycles. The fourth-order valence-corrected chi connectivity index (χ4v) is 7.83. The third-order valence-electron chi connectivity index (χ3n) is 6.16. The first kappa shape index (κ1) is 32.8. The molecule has 4 rings (SSSR count). The van der Waals surface area contributed by atoms with Gasteiger partial charge in [-0.3, -0.25) is 14.5 Å². The minimum absolute atomic E-state index is 0.0842. The second-order valence-electron chi connectivity index (χ2n) is 12.2. The topological polar surface area (TPSA) is 160 Å². The Balaban J connectivity index is 1.41. The molecule has 0 spiro atoms. The van der Waals surface area contributed by atoms with Gasteiger partial charge in [0.2, 0.25) is 11.1 Å². The van der Waals surface area contributed by atoms with E-state index in [4.69, 9.17) is 9.47 Å². The number of rotatable bonds is 9.